The van der Waals surface area contributed by atoms with Crippen LogP contribution < -0.4 is 5.32 Å². The van der Waals surface area contributed by atoms with Gasteiger partial charge in [-0.25, -0.2) is 4.79 Å². The fourth-order valence-corrected chi connectivity index (χ4v) is 4.20. The van der Waals surface area contributed by atoms with E-state index in [1.54, 1.807) is 19.1 Å². The molecule has 122 valence electrons. The largest absolute Gasteiger partial charge is 0.464 e. The third-order valence-corrected chi connectivity index (χ3v) is 6.92. The van der Waals surface area contributed by atoms with Crippen LogP contribution in [0.2, 0.25) is 0 Å². The molecule has 1 aromatic carbocycles. The first kappa shape index (κ1) is 18.2. The van der Waals surface area contributed by atoms with E-state index < -0.39 is 12.0 Å². The first-order valence-corrected chi connectivity index (χ1v) is 9.32. The minimum absolute atomic E-state index is 0.257. The van der Waals surface area contributed by atoms with Crippen LogP contribution in [0.1, 0.15) is 33.8 Å². The van der Waals surface area contributed by atoms with Gasteiger partial charge in [-0.1, -0.05) is 30.3 Å². The molecule has 0 saturated carbocycles. The highest BCUT2D eigenvalue weighted by Crippen LogP contribution is 2.37. The van der Waals surface area contributed by atoms with Gasteiger partial charge in [0, 0.05) is 4.47 Å². The molecule has 0 bridgehead atoms. The molecule has 2 rings (SSSR count). The molecule has 1 atom stereocenters. The van der Waals surface area contributed by atoms with E-state index >= 15 is 0 Å². The molecule has 2 aromatic rings. The van der Waals surface area contributed by atoms with Gasteiger partial charge in [-0.2, -0.15) is 0 Å². The molecule has 0 spiro atoms. The zero-order chi connectivity index (χ0) is 17.0. The van der Waals surface area contributed by atoms with Gasteiger partial charge < -0.3 is 10.1 Å². The van der Waals surface area contributed by atoms with Crippen molar-refractivity contribution in [2.24, 2.45) is 0 Å². The van der Waals surface area contributed by atoms with E-state index in [1.807, 2.05) is 25.1 Å². The van der Waals surface area contributed by atoms with Gasteiger partial charge in [0.2, 0.25) is 0 Å². The Morgan fingerprint density at radius 3 is 2.43 bits per heavy atom. The van der Waals surface area contributed by atoms with Gasteiger partial charge in [0.25, 0.3) is 5.91 Å². The smallest absolute Gasteiger partial charge is 0.333 e. The summed E-state index contributed by atoms with van der Waals surface area (Å²) in [4.78, 5) is 25.3. The second-order valence-electron chi connectivity index (χ2n) is 4.71. The summed E-state index contributed by atoms with van der Waals surface area (Å²) in [6, 6.07) is 8.23. The summed E-state index contributed by atoms with van der Waals surface area (Å²) in [5, 5.41) is 2.77. The van der Waals surface area contributed by atoms with Gasteiger partial charge in [-0.3, -0.25) is 4.79 Å². The summed E-state index contributed by atoms with van der Waals surface area (Å²) in [5.41, 5.74) is 1.52. The van der Waals surface area contributed by atoms with Gasteiger partial charge in [0.1, 0.15) is 0 Å². The number of halogens is 2. The zero-order valence-corrected chi connectivity index (χ0v) is 16.5. The van der Waals surface area contributed by atoms with Crippen LogP contribution >= 0.6 is 43.2 Å². The van der Waals surface area contributed by atoms with E-state index in [0.29, 0.717) is 10.4 Å². The Morgan fingerprint density at radius 2 is 1.91 bits per heavy atom. The van der Waals surface area contributed by atoms with E-state index in [1.165, 1.54) is 11.3 Å². The van der Waals surface area contributed by atoms with Gasteiger partial charge in [0.15, 0.2) is 6.04 Å². The van der Waals surface area contributed by atoms with Crippen LogP contribution in [0.3, 0.4) is 0 Å². The van der Waals surface area contributed by atoms with Crippen LogP contribution in [0, 0.1) is 6.92 Å². The maximum atomic E-state index is 12.6. The Morgan fingerprint density at radius 1 is 1.26 bits per heavy atom. The second kappa shape index (κ2) is 8.08. The molecule has 1 heterocycles. The van der Waals surface area contributed by atoms with Crippen LogP contribution in [0.4, 0.5) is 0 Å². The summed E-state index contributed by atoms with van der Waals surface area (Å²) < 4.78 is 6.77. The van der Waals surface area contributed by atoms with E-state index in [-0.39, 0.29) is 12.5 Å². The highest BCUT2D eigenvalue weighted by atomic mass is 79.9. The Hall–Kier alpha value is -1.18. The van der Waals surface area contributed by atoms with Crippen LogP contribution in [-0.2, 0) is 9.53 Å². The predicted octanol–water partition coefficient (Wildman–Crippen LogP) is 4.62. The van der Waals surface area contributed by atoms with Crippen molar-refractivity contribution in [1.29, 1.82) is 0 Å². The third-order valence-electron chi connectivity index (χ3n) is 3.17. The molecule has 0 aliphatic carbocycles. The minimum Gasteiger partial charge on any atom is -0.464 e. The second-order valence-corrected chi connectivity index (χ2v) is 7.84. The number of carbonyl (C=O) groups is 2. The average Bonchev–Trinajstić information content (AvgIpc) is 2.81. The fraction of sp³-hybridized carbons (Fsp3) is 0.250. The summed E-state index contributed by atoms with van der Waals surface area (Å²) in [6.45, 7) is 3.84. The maximum Gasteiger partial charge on any atom is 0.333 e. The summed E-state index contributed by atoms with van der Waals surface area (Å²) in [7, 11) is 0. The lowest BCUT2D eigenvalue weighted by molar-refractivity contribution is -0.145. The average molecular weight is 461 g/mol. The number of carbonyl (C=O) groups excluding carboxylic acids is 2. The Balaban J connectivity index is 2.28. The lowest BCUT2D eigenvalue weighted by atomic mass is 10.1. The van der Waals surface area contributed by atoms with Crippen LogP contribution in [-0.4, -0.2) is 18.5 Å². The minimum atomic E-state index is -0.831. The lowest BCUT2D eigenvalue weighted by Crippen LogP contribution is -2.34. The van der Waals surface area contributed by atoms with Gasteiger partial charge in [-0.15, -0.1) is 11.3 Å². The molecule has 23 heavy (non-hydrogen) atoms. The lowest BCUT2D eigenvalue weighted by Gasteiger charge is -2.17. The highest BCUT2D eigenvalue weighted by molar-refractivity contribution is 9.13. The van der Waals surface area contributed by atoms with Crippen LogP contribution in [0.25, 0.3) is 0 Å². The molecule has 1 unspecified atom stereocenters. The van der Waals surface area contributed by atoms with Crippen molar-refractivity contribution in [1.82, 2.24) is 5.32 Å². The van der Waals surface area contributed by atoms with E-state index in [2.05, 4.69) is 37.2 Å². The van der Waals surface area contributed by atoms with Crippen molar-refractivity contribution in [2.75, 3.05) is 6.61 Å². The number of ether oxygens (including phenoxy) is 1. The first-order chi connectivity index (χ1) is 11.0. The summed E-state index contributed by atoms with van der Waals surface area (Å²) in [5.74, 6) is -0.778. The molecule has 4 nitrogen and oxygen atoms in total. The highest BCUT2D eigenvalue weighted by Gasteiger charge is 2.26. The number of hydrogen-bond donors (Lipinski definition) is 1. The maximum absolute atomic E-state index is 12.6. The number of thiophene rings is 1. The number of rotatable bonds is 5. The predicted molar refractivity (Wildman–Crippen MR) is 97.7 cm³/mol. The molecule has 0 aliphatic rings. The van der Waals surface area contributed by atoms with Crippen LogP contribution in [0.5, 0.6) is 0 Å². The van der Waals surface area contributed by atoms with Crippen molar-refractivity contribution < 1.29 is 14.3 Å². The quantitative estimate of drug-likeness (QED) is 0.662. The molecule has 0 saturated heterocycles. The van der Waals surface area contributed by atoms with Crippen molar-refractivity contribution in [3.63, 3.8) is 0 Å². The number of esters is 1. The monoisotopic (exact) mass is 459 g/mol. The molecule has 7 heteroatoms. The Bertz CT molecular complexity index is 716. The number of nitrogens with one attached hydrogen (secondary N) is 1. The Kier molecular flexibility index (Phi) is 6.38. The molecule has 1 N–H and O–H groups in total. The molecule has 0 aliphatic heterocycles. The molecule has 1 aromatic heterocycles. The SMILES string of the molecule is CCOC(=O)C(NC(=O)c1sc(Br)c(Br)c1C)c1ccccc1. The molecule has 0 radical (unpaired) electrons. The molecule has 1 amide bonds. The number of benzene rings is 1. The normalized spacial score (nSPS) is 11.8. The van der Waals surface area contributed by atoms with Gasteiger partial charge in [-0.05, 0) is 56.8 Å². The number of hydrogen-bond acceptors (Lipinski definition) is 4. The fourth-order valence-electron chi connectivity index (χ4n) is 2.02. The summed E-state index contributed by atoms with van der Waals surface area (Å²) in [6.07, 6.45) is 0. The standard InChI is InChI=1S/C16H15Br2NO3S/c1-3-22-16(21)12(10-7-5-4-6-8-10)19-15(20)13-9(2)11(17)14(18)23-13/h4-8,12H,3H2,1-2H3,(H,19,20). The van der Waals surface area contributed by atoms with Crippen molar-refractivity contribution in [3.8, 4) is 0 Å². The topological polar surface area (TPSA) is 55.4 Å². The first-order valence-electron chi connectivity index (χ1n) is 6.92. The van der Waals surface area contributed by atoms with Gasteiger partial charge in [0.05, 0.1) is 15.3 Å². The van der Waals surface area contributed by atoms with E-state index in [0.717, 1.165) is 13.8 Å². The van der Waals surface area contributed by atoms with E-state index in [4.69, 9.17) is 4.74 Å². The van der Waals surface area contributed by atoms with Crippen LogP contribution in [0.15, 0.2) is 38.6 Å². The Labute approximate surface area is 155 Å². The van der Waals surface area contributed by atoms with E-state index in [9.17, 15) is 9.59 Å². The summed E-state index contributed by atoms with van der Waals surface area (Å²) >= 11 is 8.14. The van der Waals surface area contributed by atoms with Crippen molar-refractivity contribution in [2.45, 2.75) is 19.9 Å². The van der Waals surface area contributed by atoms with Gasteiger partial charge >= 0.3 is 5.97 Å². The molecular weight excluding hydrogens is 446 g/mol. The van der Waals surface area contributed by atoms with Crippen molar-refractivity contribution >= 4 is 55.1 Å². The molecule has 0 fully saturated rings. The third kappa shape index (κ3) is 4.22. The molecular formula is C16H15Br2NO3S. The number of amides is 1. The zero-order valence-electron chi connectivity index (χ0n) is 12.6. The van der Waals surface area contributed by atoms with Crippen molar-refractivity contribution in [3.05, 3.63) is 54.6 Å².